The molecular weight excluding hydrogens is 250 g/mol. The van der Waals surface area contributed by atoms with Gasteiger partial charge in [0.05, 0.1) is 5.60 Å². The lowest BCUT2D eigenvalue weighted by molar-refractivity contribution is -0.0700. The van der Waals surface area contributed by atoms with Crippen molar-refractivity contribution >= 4 is 11.8 Å². The Bertz CT molecular complexity index is 365. The van der Waals surface area contributed by atoms with Crippen molar-refractivity contribution in [3.63, 3.8) is 0 Å². The second-order valence-corrected chi connectivity index (χ2v) is 6.17. The maximum atomic E-state index is 6.01. The van der Waals surface area contributed by atoms with Gasteiger partial charge in [-0.25, -0.2) is 0 Å². The van der Waals surface area contributed by atoms with Crippen molar-refractivity contribution in [2.75, 3.05) is 24.7 Å². The fourth-order valence-corrected chi connectivity index (χ4v) is 4.13. The molecule has 0 bridgehead atoms. The molecule has 2 saturated heterocycles. The third kappa shape index (κ3) is 2.87. The normalized spacial score (nSPS) is 32.1. The summed E-state index contributed by atoms with van der Waals surface area (Å²) < 4.78 is 11.0. The molecule has 3 heterocycles. The standard InChI is InChI=1S/C12H19N3O2S/c1(11-14-9-15-17-11)4-13-10-2-5-16-12(7-10)3-6-18-8-12/h9-10,13H,1-8H2. The topological polar surface area (TPSA) is 60.2 Å². The first-order valence-electron chi connectivity index (χ1n) is 6.57. The number of ether oxygens (including phenoxy) is 1. The van der Waals surface area contributed by atoms with Crippen LogP contribution in [0.15, 0.2) is 10.9 Å². The van der Waals surface area contributed by atoms with Crippen LogP contribution in [0.5, 0.6) is 0 Å². The molecule has 5 nitrogen and oxygen atoms in total. The first-order valence-corrected chi connectivity index (χ1v) is 7.72. The van der Waals surface area contributed by atoms with Crippen molar-refractivity contribution in [3.8, 4) is 0 Å². The fraction of sp³-hybridized carbons (Fsp3) is 0.833. The van der Waals surface area contributed by atoms with Gasteiger partial charge in [-0.2, -0.15) is 16.7 Å². The highest BCUT2D eigenvalue weighted by molar-refractivity contribution is 7.99. The Kier molecular flexibility index (Phi) is 3.86. The number of nitrogens with one attached hydrogen (secondary N) is 1. The molecule has 1 spiro atoms. The highest BCUT2D eigenvalue weighted by Gasteiger charge is 2.40. The summed E-state index contributed by atoms with van der Waals surface area (Å²) in [4.78, 5) is 4.02. The van der Waals surface area contributed by atoms with E-state index in [1.807, 2.05) is 11.8 Å². The first kappa shape index (κ1) is 12.4. The lowest BCUT2D eigenvalue weighted by Crippen LogP contribution is -2.47. The molecule has 2 aliphatic rings. The summed E-state index contributed by atoms with van der Waals surface area (Å²) in [5.74, 6) is 3.12. The van der Waals surface area contributed by atoms with Gasteiger partial charge in [0, 0.05) is 31.4 Å². The van der Waals surface area contributed by atoms with Crippen molar-refractivity contribution in [3.05, 3.63) is 12.2 Å². The molecule has 1 aromatic rings. The van der Waals surface area contributed by atoms with E-state index in [0.29, 0.717) is 11.9 Å². The minimum Gasteiger partial charge on any atom is -0.374 e. The molecule has 0 saturated carbocycles. The summed E-state index contributed by atoms with van der Waals surface area (Å²) in [6.45, 7) is 1.79. The van der Waals surface area contributed by atoms with Crippen molar-refractivity contribution in [2.24, 2.45) is 0 Å². The van der Waals surface area contributed by atoms with Crippen LogP contribution in [0, 0.1) is 0 Å². The Morgan fingerprint density at radius 2 is 2.56 bits per heavy atom. The molecule has 2 aliphatic heterocycles. The lowest BCUT2D eigenvalue weighted by Gasteiger charge is -2.38. The molecule has 0 aromatic carbocycles. The Hall–Kier alpha value is -0.590. The average Bonchev–Trinajstić information content (AvgIpc) is 3.02. The van der Waals surface area contributed by atoms with Gasteiger partial charge in [-0.15, -0.1) is 0 Å². The van der Waals surface area contributed by atoms with Crippen LogP contribution < -0.4 is 5.32 Å². The van der Waals surface area contributed by atoms with E-state index in [-0.39, 0.29) is 5.60 Å². The van der Waals surface area contributed by atoms with E-state index in [4.69, 9.17) is 9.26 Å². The molecule has 2 fully saturated rings. The van der Waals surface area contributed by atoms with Crippen LogP contribution in [0.2, 0.25) is 0 Å². The molecule has 6 heteroatoms. The zero-order valence-corrected chi connectivity index (χ0v) is 11.2. The van der Waals surface area contributed by atoms with E-state index in [1.165, 1.54) is 18.5 Å². The number of aromatic nitrogens is 2. The smallest absolute Gasteiger partial charge is 0.227 e. The van der Waals surface area contributed by atoms with Crippen LogP contribution >= 0.6 is 11.8 Å². The molecular formula is C12H19N3O2S. The van der Waals surface area contributed by atoms with Gasteiger partial charge in [0.25, 0.3) is 0 Å². The van der Waals surface area contributed by atoms with E-state index < -0.39 is 0 Å². The number of hydrogen-bond donors (Lipinski definition) is 1. The van der Waals surface area contributed by atoms with Crippen molar-refractivity contribution in [1.82, 2.24) is 15.5 Å². The maximum absolute atomic E-state index is 6.01. The molecule has 100 valence electrons. The number of nitrogens with zero attached hydrogens (tertiary/aromatic N) is 2. The van der Waals surface area contributed by atoms with Crippen LogP contribution in [-0.2, 0) is 11.2 Å². The van der Waals surface area contributed by atoms with E-state index in [2.05, 4.69) is 15.5 Å². The summed E-state index contributed by atoms with van der Waals surface area (Å²) in [6, 6.07) is 0.570. The fourth-order valence-electron chi connectivity index (χ4n) is 2.75. The van der Waals surface area contributed by atoms with Gasteiger partial charge in [0.2, 0.25) is 5.89 Å². The quantitative estimate of drug-likeness (QED) is 0.888. The van der Waals surface area contributed by atoms with E-state index in [9.17, 15) is 0 Å². The number of thioether (sulfide) groups is 1. The summed E-state index contributed by atoms with van der Waals surface area (Å²) in [6.07, 6.45) is 5.72. The molecule has 0 radical (unpaired) electrons. The third-order valence-corrected chi connectivity index (χ3v) is 4.96. The van der Waals surface area contributed by atoms with Crippen LogP contribution in [0.1, 0.15) is 25.2 Å². The Morgan fingerprint density at radius 1 is 1.56 bits per heavy atom. The van der Waals surface area contributed by atoms with Crippen LogP contribution in [0.25, 0.3) is 0 Å². The molecule has 0 aliphatic carbocycles. The molecule has 1 aromatic heterocycles. The molecule has 2 unspecified atom stereocenters. The SMILES string of the molecule is c1noc(CCNC2CCOC3(CCSC3)C2)n1. The molecule has 3 rings (SSSR count). The third-order valence-electron chi connectivity index (χ3n) is 3.74. The van der Waals surface area contributed by atoms with Crippen molar-refractivity contribution < 1.29 is 9.26 Å². The summed E-state index contributed by atoms with van der Waals surface area (Å²) in [5.41, 5.74) is 0.158. The maximum Gasteiger partial charge on any atom is 0.227 e. The minimum absolute atomic E-state index is 0.158. The zero-order chi connectivity index (χ0) is 12.3. The highest BCUT2D eigenvalue weighted by atomic mass is 32.2. The van der Waals surface area contributed by atoms with Gasteiger partial charge in [0.1, 0.15) is 0 Å². The zero-order valence-electron chi connectivity index (χ0n) is 10.4. The molecule has 1 N–H and O–H groups in total. The monoisotopic (exact) mass is 269 g/mol. The van der Waals surface area contributed by atoms with Gasteiger partial charge in [-0.1, -0.05) is 5.16 Å². The minimum atomic E-state index is 0.158. The summed E-state index contributed by atoms with van der Waals surface area (Å²) in [5, 5.41) is 7.20. The Labute approximate surface area is 111 Å². The van der Waals surface area contributed by atoms with Crippen LogP contribution in [0.4, 0.5) is 0 Å². The predicted octanol–water partition coefficient (Wildman–Crippen LogP) is 1.26. The summed E-state index contributed by atoms with van der Waals surface area (Å²) in [7, 11) is 0. The second-order valence-electron chi connectivity index (χ2n) is 5.06. The molecule has 2 atom stereocenters. The van der Waals surface area contributed by atoms with Gasteiger partial charge in [-0.3, -0.25) is 0 Å². The lowest BCUT2D eigenvalue weighted by atomic mass is 9.90. The number of rotatable bonds is 4. The van der Waals surface area contributed by atoms with Gasteiger partial charge >= 0.3 is 0 Å². The highest BCUT2D eigenvalue weighted by Crippen LogP contribution is 2.38. The Morgan fingerprint density at radius 3 is 3.33 bits per heavy atom. The van der Waals surface area contributed by atoms with E-state index >= 15 is 0 Å². The van der Waals surface area contributed by atoms with E-state index in [0.717, 1.165) is 38.2 Å². The van der Waals surface area contributed by atoms with Gasteiger partial charge in [0.15, 0.2) is 6.33 Å². The van der Waals surface area contributed by atoms with E-state index in [1.54, 1.807) is 0 Å². The van der Waals surface area contributed by atoms with Crippen LogP contribution in [0.3, 0.4) is 0 Å². The predicted molar refractivity (Wildman–Crippen MR) is 69.7 cm³/mol. The van der Waals surface area contributed by atoms with Crippen molar-refractivity contribution in [2.45, 2.75) is 37.3 Å². The summed E-state index contributed by atoms with van der Waals surface area (Å²) >= 11 is 2.02. The number of hydrogen-bond acceptors (Lipinski definition) is 6. The van der Waals surface area contributed by atoms with Gasteiger partial charge in [-0.05, 0) is 25.0 Å². The average molecular weight is 269 g/mol. The first-order chi connectivity index (χ1) is 8.86. The Balaban J connectivity index is 1.45. The van der Waals surface area contributed by atoms with Crippen molar-refractivity contribution in [1.29, 1.82) is 0 Å². The largest absolute Gasteiger partial charge is 0.374 e. The molecule has 0 amide bonds. The second kappa shape index (κ2) is 5.59. The van der Waals surface area contributed by atoms with Gasteiger partial charge < -0.3 is 14.6 Å². The molecule has 18 heavy (non-hydrogen) atoms. The van der Waals surface area contributed by atoms with Crippen LogP contribution in [-0.4, -0.2) is 46.4 Å².